The molecule has 0 amide bonds. The number of aliphatic hydroxyl groups excluding tert-OH is 1. The standard InChI is InChI=1S/C10H19NO/c1-8-3-2-6-11(8)9-4-5-10(12)7-9/h8-10,12H,2-7H2,1H3. The van der Waals surface area contributed by atoms with Crippen LogP contribution in [0.1, 0.15) is 39.0 Å². The molecule has 2 rings (SSSR count). The molecule has 0 radical (unpaired) electrons. The maximum absolute atomic E-state index is 9.42. The molecule has 0 aromatic heterocycles. The Labute approximate surface area is 74.6 Å². The van der Waals surface area contributed by atoms with Crippen LogP contribution in [0.25, 0.3) is 0 Å². The molecule has 70 valence electrons. The highest BCUT2D eigenvalue weighted by atomic mass is 16.3. The predicted molar refractivity (Wildman–Crippen MR) is 49.0 cm³/mol. The Kier molecular flexibility index (Phi) is 2.37. The molecule has 1 aliphatic carbocycles. The molecule has 1 heterocycles. The predicted octanol–water partition coefficient (Wildman–Crippen LogP) is 1.38. The lowest BCUT2D eigenvalue weighted by Crippen LogP contribution is -2.36. The van der Waals surface area contributed by atoms with Crippen LogP contribution in [0.15, 0.2) is 0 Å². The number of nitrogens with zero attached hydrogens (tertiary/aromatic N) is 1. The molecule has 2 nitrogen and oxygen atoms in total. The van der Waals surface area contributed by atoms with Crippen molar-refractivity contribution in [1.29, 1.82) is 0 Å². The van der Waals surface area contributed by atoms with E-state index in [1.807, 2.05) is 0 Å². The second kappa shape index (κ2) is 3.35. The minimum absolute atomic E-state index is 0.0113. The van der Waals surface area contributed by atoms with Gasteiger partial charge in [-0.1, -0.05) is 0 Å². The summed E-state index contributed by atoms with van der Waals surface area (Å²) in [4.78, 5) is 2.59. The Morgan fingerprint density at radius 2 is 2.08 bits per heavy atom. The third-order valence-corrected chi connectivity index (χ3v) is 3.45. The summed E-state index contributed by atoms with van der Waals surface area (Å²) in [5.74, 6) is 0. The van der Waals surface area contributed by atoms with Crippen LogP contribution in [0.4, 0.5) is 0 Å². The quantitative estimate of drug-likeness (QED) is 0.641. The second-order valence-electron chi connectivity index (χ2n) is 4.35. The average Bonchev–Trinajstić information content (AvgIpc) is 2.58. The highest BCUT2D eigenvalue weighted by Gasteiger charge is 2.32. The van der Waals surface area contributed by atoms with Gasteiger partial charge in [-0.25, -0.2) is 0 Å². The van der Waals surface area contributed by atoms with E-state index < -0.39 is 0 Å². The fraction of sp³-hybridized carbons (Fsp3) is 1.00. The number of likely N-dealkylation sites (tertiary alicyclic amines) is 1. The van der Waals surface area contributed by atoms with E-state index in [4.69, 9.17) is 0 Å². The first-order valence-corrected chi connectivity index (χ1v) is 5.21. The number of hydrogen-bond acceptors (Lipinski definition) is 2. The summed E-state index contributed by atoms with van der Waals surface area (Å²) in [5, 5.41) is 9.42. The summed E-state index contributed by atoms with van der Waals surface area (Å²) < 4.78 is 0. The molecule has 12 heavy (non-hydrogen) atoms. The molecule has 1 aliphatic heterocycles. The van der Waals surface area contributed by atoms with Crippen LogP contribution in [0.5, 0.6) is 0 Å². The van der Waals surface area contributed by atoms with E-state index >= 15 is 0 Å². The molecule has 1 N–H and O–H groups in total. The highest BCUT2D eigenvalue weighted by Crippen LogP contribution is 2.29. The lowest BCUT2D eigenvalue weighted by atomic mass is 10.2. The fourth-order valence-corrected chi connectivity index (χ4v) is 2.73. The van der Waals surface area contributed by atoms with Crippen molar-refractivity contribution in [2.75, 3.05) is 6.54 Å². The largest absolute Gasteiger partial charge is 0.393 e. The van der Waals surface area contributed by atoms with Gasteiger partial charge in [0.1, 0.15) is 0 Å². The van der Waals surface area contributed by atoms with Gasteiger partial charge in [-0.2, -0.15) is 0 Å². The lowest BCUT2D eigenvalue weighted by Gasteiger charge is -2.27. The van der Waals surface area contributed by atoms with Crippen molar-refractivity contribution in [1.82, 2.24) is 4.90 Å². The van der Waals surface area contributed by atoms with Crippen molar-refractivity contribution in [3.63, 3.8) is 0 Å². The molecule has 3 unspecified atom stereocenters. The zero-order valence-corrected chi connectivity index (χ0v) is 7.87. The summed E-state index contributed by atoms with van der Waals surface area (Å²) in [6.07, 6.45) is 5.95. The Morgan fingerprint density at radius 3 is 2.58 bits per heavy atom. The third kappa shape index (κ3) is 1.50. The molecule has 0 aromatic rings. The Hall–Kier alpha value is -0.0800. The minimum atomic E-state index is -0.0113. The van der Waals surface area contributed by atoms with Gasteiger partial charge in [-0.15, -0.1) is 0 Å². The van der Waals surface area contributed by atoms with Gasteiger partial charge < -0.3 is 5.11 Å². The zero-order valence-electron chi connectivity index (χ0n) is 7.87. The first-order valence-electron chi connectivity index (χ1n) is 5.21. The SMILES string of the molecule is CC1CCCN1C1CCC(O)C1. The summed E-state index contributed by atoms with van der Waals surface area (Å²) in [7, 11) is 0. The van der Waals surface area contributed by atoms with Gasteiger partial charge in [-0.05, 0) is 45.6 Å². The maximum Gasteiger partial charge on any atom is 0.0555 e. The van der Waals surface area contributed by atoms with Gasteiger partial charge in [0.25, 0.3) is 0 Å². The first kappa shape index (κ1) is 8.52. The Morgan fingerprint density at radius 1 is 1.25 bits per heavy atom. The number of aliphatic hydroxyl groups is 1. The molecule has 0 spiro atoms. The van der Waals surface area contributed by atoms with Crippen molar-refractivity contribution in [3.05, 3.63) is 0 Å². The van der Waals surface area contributed by atoms with Crippen LogP contribution in [-0.4, -0.2) is 34.7 Å². The van der Waals surface area contributed by atoms with Crippen molar-refractivity contribution >= 4 is 0 Å². The molecule has 1 saturated heterocycles. The molecule has 2 heteroatoms. The van der Waals surface area contributed by atoms with Gasteiger partial charge in [-0.3, -0.25) is 4.90 Å². The van der Waals surface area contributed by atoms with E-state index in [0.717, 1.165) is 18.9 Å². The molecule has 1 saturated carbocycles. The zero-order chi connectivity index (χ0) is 8.55. The molecular weight excluding hydrogens is 150 g/mol. The van der Waals surface area contributed by atoms with E-state index in [9.17, 15) is 5.11 Å². The van der Waals surface area contributed by atoms with Crippen LogP contribution < -0.4 is 0 Å². The van der Waals surface area contributed by atoms with Crippen molar-refractivity contribution in [2.24, 2.45) is 0 Å². The Balaban J connectivity index is 1.91. The lowest BCUT2D eigenvalue weighted by molar-refractivity contribution is 0.148. The van der Waals surface area contributed by atoms with Gasteiger partial charge >= 0.3 is 0 Å². The second-order valence-corrected chi connectivity index (χ2v) is 4.35. The van der Waals surface area contributed by atoms with Crippen molar-refractivity contribution in [3.8, 4) is 0 Å². The van der Waals surface area contributed by atoms with Gasteiger partial charge in [0.15, 0.2) is 0 Å². The number of hydrogen-bond donors (Lipinski definition) is 1. The van der Waals surface area contributed by atoms with E-state index in [1.165, 1.54) is 25.8 Å². The van der Waals surface area contributed by atoms with E-state index in [0.29, 0.717) is 6.04 Å². The monoisotopic (exact) mass is 169 g/mol. The summed E-state index contributed by atoms with van der Waals surface area (Å²) in [6.45, 7) is 3.58. The summed E-state index contributed by atoms with van der Waals surface area (Å²) in [6, 6.07) is 1.46. The molecule has 0 aromatic carbocycles. The summed E-state index contributed by atoms with van der Waals surface area (Å²) >= 11 is 0. The van der Waals surface area contributed by atoms with Crippen molar-refractivity contribution in [2.45, 2.75) is 57.2 Å². The molecule has 0 bridgehead atoms. The van der Waals surface area contributed by atoms with Gasteiger partial charge in [0.2, 0.25) is 0 Å². The molecular formula is C10H19NO. The smallest absolute Gasteiger partial charge is 0.0555 e. The summed E-state index contributed by atoms with van der Waals surface area (Å²) in [5.41, 5.74) is 0. The van der Waals surface area contributed by atoms with Crippen LogP contribution in [0.2, 0.25) is 0 Å². The normalized spacial score (nSPS) is 44.0. The van der Waals surface area contributed by atoms with Gasteiger partial charge in [0.05, 0.1) is 6.10 Å². The van der Waals surface area contributed by atoms with Crippen molar-refractivity contribution < 1.29 is 5.11 Å². The molecule has 2 aliphatic rings. The Bertz CT molecular complexity index is 160. The van der Waals surface area contributed by atoms with Crippen LogP contribution >= 0.6 is 0 Å². The topological polar surface area (TPSA) is 23.5 Å². The minimum Gasteiger partial charge on any atom is -0.393 e. The maximum atomic E-state index is 9.42. The fourth-order valence-electron chi connectivity index (χ4n) is 2.73. The number of rotatable bonds is 1. The third-order valence-electron chi connectivity index (χ3n) is 3.45. The van der Waals surface area contributed by atoms with E-state index in [2.05, 4.69) is 11.8 Å². The van der Waals surface area contributed by atoms with Crippen LogP contribution in [0, 0.1) is 0 Å². The van der Waals surface area contributed by atoms with Crippen LogP contribution in [0.3, 0.4) is 0 Å². The van der Waals surface area contributed by atoms with E-state index in [-0.39, 0.29) is 6.10 Å². The van der Waals surface area contributed by atoms with Crippen LogP contribution in [-0.2, 0) is 0 Å². The average molecular weight is 169 g/mol. The highest BCUT2D eigenvalue weighted by molar-refractivity contribution is 4.88. The van der Waals surface area contributed by atoms with E-state index in [1.54, 1.807) is 0 Å². The molecule has 3 atom stereocenters. The molecule has 2 fully saturated rings. The van der Waals surface area contributed by atoms with Gasteiger partial charge in [0, 0.05) is 12.1 Å². The first-order chi connectivity index (χ1) is 5.77.